The zero-order chi connectivity index (χ0) is 22.4. The van der Waals surface area contributed by atoms with Gasteiger partial charge < -0.3 is 10.1 Å². The first-order valence-electron chi connectivity index (χ1n) is 9.76. The second-order valence-corrected chi connectivity index (χ2v) is 8.74. The molecule has 1 unspecified atom stereocenters. The van der Waals surface area contributed by atoms with Gasteiger partial charge in [-0.25, -0.2) is 4.98 Å². The number of rotatable bonds is 9. The van der Waals surface area contributed by atoms with Crippen molar-refractivity contribution in [1.29, 1.82) is 0 Å². The van der Waals surface area contributed by atoms with Gasteiger partial charge in [-0.15, -0.1) is 0 Å². The van der Waals surface area contributed by atoms with Crippen LogP contribution < -0.4 is 10.9 Å². The SMILES string of the molecule is COCCCn1c(SCC(=O)NC(C)c2ccccc2Cl)nc2cc(Cl)ccc2c1=O. The maximum absolute atomic E-state index is 13.0. The van der Waals surface area contributed by atoms with Gasteiger partial charge in [0.15, 0.2) is 5.16 Å². The standard InChI is InChI=1S/C22H23Cl2N3O3S/c1-14(16-6-3-4-7-18(16)24)25-20(28)13-31-22-26-19-12-15(23)8-9-17(19)21(29)27(22)10-5-11-30-2/h3-4,6-9,12,14H,5,10-11,13H2,1-2H3,(H,25,28). The van der Waals surface area contributed by atoms with E-state index >= 15 is 0 Å². The number of methoxy groups -OCH3 is 1. The summed E-state index contributed by atoms with van der Waals surface area (Å²) >= 11 is 13.5. The van der Waals surface area contributed by atoms with Gasteiger partial charge in [0.2, 0.25) is 5.91 Å². The minimum Gasteiger partial charge on any atom is -0.385 e. The fraction of sp³-hybridized carbons (Fsp3) is 0.318. The minimum atomic E-state index is -0.242. The highest BCUT2D eigenvalue weighted by Gasteiger charge is 2.16. The number of ether oxygens (including phenoxy) is 1. The fourth-order valence-electron chi connectivity index (χ4n) is 3.17. The largest absolute Gasteiger partial charge is 0.385 e. The molecule has 2 aromatic carbocycles. The molecule has 0 aliphatic carbocycles. The molecule has 164 valence electrons. The molecule has 0 fully saturated rings. The molecule has 0 aliphatic rings. The lowest BCUT2D eigenvalue weighted by Gasteiger charge is -2.16. The third-order valence-electron chi connectivity index (χ3n) is 4.69. The lowest BCUT2D eigenvalue weighted by atomic mass is 10.1. The van der Waals surface area contributed by atoms with Crippen LogP contribution in [0, 0.1) is 0 Å². The van der Waals surface area contributed by atoms with Gasteiger partial charge in [0.1, 0.15) is 0 Å². The zero-order valence-electron chi connectivity index (χ0n) is 17.2. The van der Waals surface area contributed by atoms with E-state index in [0.717, 1.165) is 5.56 Å². The smallest absolute Gasteiger partial charge is 0.262 e. The third kappa shape index (κ3) is 6.01. The van der Waals surface area contributed by atoms with E-state index in [-0.39, 0.29) is 23.3 Å². The van der Waals surface area contributed by atoms with Crippen LogP contribution in [0.1, 0.15) is 24.9 Å². The minimum absolute atomic E-state index is 0.109. The maximum Gasteiger partial charge on any atom is 0.262 e. The van der Waals surface area contributed by atoms with Gasteiger partial charge in [-0.2, -0.15) is 0 Å². The van der Waals surface area contributed by atoms with Crippen molar-refractivity contribution < 1.29 is 9.53 Å². The molecule has 9 heteroatoms. The highest BCUT2D eigenvalue weighted by atomic mass is 35.5. The predicted octanol–water partition coefficient (Wildman–Crippen LogP) is 4.71. The number of nitrogens with zero attached hydrogens (tertiary/aromatic N) is 2. The van der Waals surface area contributed by atoms with Crippen molar-refractivity contribution in [3.05, 3.63) is 68.4 Å². The molecule has 0 saturated heterocycles. The van der Waals surface area contributed by atoms with Crippen molar-refractivity contribution in [2.45, 2.75) is 31.1 Å². The van der Waals surface area contributed by atoms with Gasteiger partial charge in [-0.05, 0) is 43.2 Å². The zero-order valence-corrected chi connectivity index (χ0v) is 19.6. The molecule has 0 radical (unpaired) electrons. The summed E-state index contributed by atoms with van der Waals surface area (Å²) in [6.07, 6.45) is 0.653. The van der Waals surface area contributed by atoms with Gasteiger partial charge in [-0.3, -0.25) is 14.2 Å². The van der Waals surface area contributed by atoms with E-state index < -0.39 is 0 Å². The highest BCUT2D eigenvalue weighted by Crippen LogP contribution is 2.23. The summed E-state index contributed by atoms with van der Waals surface area (Å²) in [4.78, 5) is 30.2. The van der Waals surface area contributed by atoms with E-state index in [2.05, 4.69) is 10.3 Å². The number of hydrogen-bond acceptors (Lipinski definition) is 5. The predicted molar refractivity (Wildman–Crippen MR) is 126 cm³/mol. The number of carbonyl (C=O) groups is 1. The van der Waals surface area contributed by atoms with Gasteiger partial charge in [0.05, 0.1) is 22.7 Å². The molecule has 31 heavy (non-hydrogen) atoms. The highest BCUT2D eigenvalue weighted by molar-refractivity contribution is 7.99. The number of benzene rings is 2. The Morgan fingerprint density at radius 2 is 2.03 bits per heavy atom. The van der Waals surface area contributed by atoms with E-state index in [1.54, 1.807) is 35.9 Å². The van der Waals surface area contributed by atoms with Crippen LogP contribution in [0.4, 0.5) is 0 Å². The van der Waals surface area contributed by atoms with Crippen molar-refractivity contribution in [1.82, 2.24) is 14.9 Å². The number of amides is 1. The molecular formula is C22H23Cl2N3O3S. The Hall–Kier alpha value is -2.06. The summed E-state index contributed by atoms with van der Waals surface area (Å²) in [6, 6.07) is 12.1. The van der Waals surface area contributed by atoms with Crippen LogP contribution in [0.25, 0.3) is 10.9 Å². The Morgan fingerprint density at radius 1 is 1.26 bits per heavy atom. The summed E-state index contributed by atoms with van der Waals surface area (Å²) in [5, 5.41) is 5.00. The van der Waals surface area contributed by atoms with Crippen LogP contribution in [-0.4, -0.2) is 34.9 Å². The van der Waals surface area contributed by atoms with E-state index in [4.69, 9.17) is 27.9 Å². The number of carbonyl (C=O) groups excluding carboxylic acids is 1. The molecule has 3 aromatic rings. The number of thioether (sulfide) groups is 1. The van der Waals surface area contributed by atoms with E-state index in [0.29, 0.717) is 45.7 Å². The van der Waals surface area contributed by atoms with Crippen LogP contribution in [0.2, 0.25) is 10.0 Å². The number of nitrogens with one attached hydrogen (secondary N) is 1. The van der Waals surface area contributed by atoms with Gasteiger partial charge in [0, 0.05) is 30.3 Å². The molecule has 1 heterocycles. The summed E-state index contributed by atoms with van der Waals surface area (Å²) < 4.78 is 6.69. The second kappa shape index (κ2) is 11.0. The molecule has 1 N–H and O–H groups in total. The van der Waals surface area contributed by atoms with Crippen molar-refractivity contribution in [2.75, 3.05) is 19.5 Å². The first-order chi connectivity index (χ1) is 14.9. The van der Waals surface area contributed by atoms with E-state index in [9.17, 15) is 9.59 Å². The fourth-order valence-corrected chi connectivity index (χ4v) is 4.47. The first kappa shape index (κ1) is 23.6. The number of fused-ring (bicyclic) bond motifs is 1. The lowest BCUT2D eigenvalue weighted by Crippen LogP contribution is -2.29. The van der Waals surface area contributed by atoms with E-state index in [1.807, 2.05) is 25.1 Å². The molecule has 6 nitrogen and oxygen atoms in total. The summed E-state index contributed by atoms with van der Waals surface area (Å²) in [5.74, 6) is -0.0706. The second-order valence-electron chi connectivity index (χ2n) is 6.96. The van der Waals surface area contributed by atoms with Crippen LogP contribution in [-0.2, 0) is 16.1 Å². The molecule has 0 saturated carbocycles. The monoisotopic (exact) mass is 479 g/mol. The third-order valence-corrected chi connectivity index (χ3v) is 6.25. The Kier molecular flexibility index (Phi) is 8.37. The van der Waals surface area contributed by atoms with Crippen molar-refractivity contribution >= 4 is 51.8 Å². The molecule has 1 aromatic heterocycles. The van der Waals surface area contributed by atoms with Crippen LogP contribution in [0.15, 0.2) is 52.4 Å². The Morgan fingerprint density at radius 3 is 2.77 bits per heavy atom. The molecule has 1 atom stereocenters. The maximum atomic E-state index is 13.0. The van der Waals surface area contributed by atoms with Gasteiger partial charge in [-0.1, -0.05) is 53.2 Å². The van der Waals surface area contributed by atoms with Crippen LogP contribution >= 0.6 is 35.0 Å². The van der Waals surface area contributed by atoms with Gasteiger partial charge in [0.25, 0.3) is 5.56 Å². The topological polar surface area (TPSA) is 73.2 Å². The molecule has 0 bridgehead atoms. The molecule has 3 rings (SSSR count). The van der Waals surface area contributed by atoms with Gasteiger partial charge >= 0.3 is 0 Å². The van der Waals surface area contributed by atoms with E-state index in [1.165, 1.54) is 11.8 Å². The van der Waals surface area contributed by atoms with Crippen molar-refractivity contribution in [3.63, 3.8) is 0 Å². The average molecular weight is 480 g/mol. The average Bonchev–Trinajstić information content (AvgIpc) is 2.74. The molecular weight excluding hydrogens is 457 g/mol. The normalized spacial score (nSPS) is 12.1. The summed E-state index contributed by atoms with van der Waals surface area (Å²) in [7, 11) is 1.61. The first-order valence-corrected chi connectivity index (χ1v) is 11.5. The summed E-state index contributed by atoms with van der Waals surface area (Å²) in [6.45, 7) is 2.84. The Balaban J connectivity index is 1.79. The van der Waals surface area contributed by atoms with Crippen molar-refractivity contribution in [2.24, 2.45) is 0 Å². The number of aromatic nitrogens is 2. The number of hydrogen-bond donors (Lipinski definition) is 1. The van der Waals surface area contributed by atoms with Crippen LogP contribution in [0.3, 0.4) is 0 Å². The lowest BCUT2D eigenvalue weighted by molar-refractivity contribution is -0.119. The molecule has 0 aliphatic heterocycles. The van der Waals surface area contributed by atoms with Crippen molar-refractivity contribution in [3.8, 4) is 0 Å². The quantitative estimate of drug-likeness (QED) is 0.273. The molecule has 1 amide bonds. The molecule has 0 spiro atoms. The number of halogens is 2. The summed E-state index contributed by atoms with van der Waals surface area (Å²) in [5.41, 5.74) is 1.19. The van der Waals surface area contributed by atoms with Crippen LogP contribution in [0.5, 0.6) is 0 Å². The Bertz CT molecular complexity index is 1140. The Labute approximate surface area is 194 Å².